The fourth-order valence-electron chi connectivity index (χ4n) is 5.52. The lowest BCUT2D eigenvalue weighted by molar-refractivity contribution is -0.153. The Balaban J connectivity index is 1.78. The Morgan fingerprint density at radius 1 is 1.35 bits per heavy atom. The maximum Gasteiger partial charge on any atom is 0.311 e. The molecule has 0 saturated carbocycles. The standard InChI is InChI=1S/C24H26BrClN2O5S/c1-3-9-27(16-8-6-5-7-15(16)26)22(31)20-24-13-14(25)19(34-24)17(23(32)33-12-4-2)18(24)21(30)28(20)10-11-29/h3-8,14,17-20,29H,1-2,9-13H2/t14?,17-,18-,19-,20?,24?/m0/s1. The average molecular weight is 570 g/mol. The number of alkyl halides is 1. The van der Waals surface area contributed by atoms with Gasteiger partial charge >= 0.3 is 5.97 Å². The second kappa shape index (κ2) is 10.0. The Kier molecular flexibility index (Phi) is 7.47. The molecule has 3 saturated heterocycles. The van der Waals surface area contributed by atoms with Gasteiger partial charge in [0.25, 0.3) is 5.91 Å². The number of esters is 1. The predicted molar refractivity (Wildman–Crippen MR) is 136 cm³/mol. The van der Waals surface area contributed by atoms with Crippen LogP contribution in [0.2, 0.25) is 5.02 Å². The summed E-state index contributed by atoms with van der Waals surface area (Å²) in [5, 5.41) is 9.94. The molecular formula is C24H26BrClN2O5S. The first kappa shape index (κ1) is 25.3. The number of hydrogen-bond donors (Lipinski definition) is 1. The van der Waals surface area contributed by atoms with E-state index in [1.165, 1.54) is 27.6 Å². The zero-order valence-electron chi connectivity index (χ0n) is 18.4. The fourth-order valence-corrected chi connectivity index (χ4v) is 9.35. The van der Waals surface area contributed by atoms with Crippen LogP contribution in [0.5, 0.6) is 0 Å². The molecule has 2 bridgehead atoms. The number of hydrogen-bond acceptors (Lipinski definition) is 6. The van der Waals surface area contributed by atoms with Gasteiger partial charge in [-0.1, -0.05) is 58.4 Å². The van der Waals surface area contributed by atoms with E-state index in [1.54, 1.807) is 30.3 Å². The summed E-state index contributed by atoms with van der Waals surface area (Å²) in [5.41, 5.74) is 0.514. The number of aliphatic hydroxyl groups excluding tert-OH is 1. The second-order valence-electron chi connectivity index (χ2n) is 8.53. The number of amides is 2. The van der Waals surface area contributed by atoms with E-state index >= 15 is 0 Å². The molecular weight excluding hydrogens is 544 g/mol. The highest BCUT2D eigenvalue weighted by Crippen LogP contribution is 2.68. The maximum absolute atomic E-state index is 14.2. The number of para-hydroxylation sites is 1. The van der Waals surface area contributed by atoms with E-state index in [0.717, 1.165) is 0 Å². The van der Waals surface area contributed by atoms with Gasteiger partial charge in [-0.15, -0.1) is 18.3 Å². The Bertz CT molecular complexity index is 1020. The predicted octanol–water partition coefficient (Wildman–Crippen LogP) is 3.05. The van der Waals surface area contributed by atoms with Crippen LogP contribution in [0, 0.1) is 11.8 Å². The highest BCUT2D eigenvalue weighted by molar-refractivity contribution is 9.09. The van der Waals surface area contributed by atoms with Crippen LogP contribution in [0.1, 0.15) is 6.42 Å². The zero-order valence-corrected chi connectivity index (χ0v) is 21.6. The third kappa shape index (κ3) is 3.90. The van der Waals surface area contributed by atoms with Gasteiger partial charge in [0, 0.05) is 23.2 Å². The van der Waals surface area contributed by atoms with E-state index in [4.69, 9.17) is 16.3 Å². The number of fused-ring (bicyclic) bond motifs is 1. The number of nitrogens with zero attached hydrogens (tertiary/aromatic N) is 2. The van der Waals surface area contributed by atoms with Gasteiger partial charge in [0.1, 0.15) is 12.6 Å². The van der Waals surface area contributed by atoms with Crippen LogP contribution in [0.25, 0.3) is 0 Å². The van der Waals surface area contributed by atoms with Gasteiger partial charge in [-0.05, 0) is 18.6 Å². The molecule has 3 aliphatic rings. The average Bonchev–Trinajstić information content (AvgIpc) is 3.40. The molecule has 1 N–H and O–H groups in total. The van der Waals surface area contributed by atoms with Crippen molar-refractivity contribution in [1.82, 2.24) is 4.90 Å². The maximum atomic E-state index is 14.2. The molecule has 0 radical (unpaired) electrons. The highest BCUT2D eigenvalue weighted by Gasteiger charge is 2.76. The van der Waals surface area contributed by atoms with Crippen molar-refractivity contribution in [1.29, 1.82) is 0 Å². The van der Waals surface area contributed by atoms with E-state index in [-0.39, 0.29) is 48.2 Å². The summed E-state index contributed by atoms with van der Waals surface area (Å²) in [6.45, 7) is 7.30. The van der Waals surface area contributed by atoms with Crippen molar-refractivity contribution < 1.29 is 24.2 Å². The largest absolute Gasteiger partial charge is 0.461 e. The van der Waals surface area contributed by atoms with Crippen molar-refractivity contribution in [3.05, 3.63) is 54.6 Å². The molecule has 34 heavy (non-hydrogen) atoms. The van der Waals surface area contributed by atoms with Crippen molar-refractivity contribution in [2.75, 3.05) is 31.2 Å². The molecule has 4 rings (SSSR count). The van der Waals surface area contributed by atoms with Gasteiger partial charge in [-0.25, -0.2) is 0 Å². The van der Waals surface area contributed by atoms with Gasteiger partial charge in [-0.2, -0.15) is 0 Å². The lowest BCUT2D eigenvalue weighted by Crippen LogP contribution is -2.56. The molecule has 2 amide bonds. The van der Waals surface area contributed by atoms with Gasteiger partial charge in [0.15, 0.2) is 0 Å². The summed E-state index contributed by atoms with van der Waals surface area (Å²) in [7, 11) is 0. The molecule has 0 aromatic heterocycles. The van der Waals surface area contributed by atoms with Crippen LogP contribution in [0.15, 0.2) is 49.6 Å². The first-order chi connectivity index (χ1) is 16.3. The summed E-state index contributed by atoms with van der Waals surface area (Å²) in [6, 6.07) is 6.13. The number of carbonyl (C=O) groups excluding carboxylic acids is 3. The molecule has 3 unspecified atom stereocenters. The number of ether oxygens (including phenoxy) is 1. The van der Waals surface area contributed by atoms with Crippen molar-refractivity contribution in [2.24, 2.45) is 11.8 Å². The van der Waals surface area contributed by atoms with Crippen LogP contribution in [0.3, 0.4) is 0 Å². The van der Waals surface area contributed by atoms with Crippen LogP contribution >= 0.6 is 39.3 Å². The Labute approximate surface area is 216 Å². The molecule has 1 aromatic carbocycles. The zero-order chi connectivity index (χ0) is 24.6. The minimum Gasteiger partial charge on any atom is -0.461 e. The second-order valence-corrected chi connectivity index (χ2v) is 11.6. The number of likely N-dealkylation sites (tertiary alicyclic amines) is 1. The number of anilines is 1. The van der Waals surface area contributed by atoms with Gasteiger partial charge < -0.3 is 19.6 Å². The summed E-state index contributed by atoms with van der Waals surface area (Å²) in [5.74, 6) is -2.49. The number of β-amino-alcohol motifs (C(OH)–C–C–N with tert-alkyl or cyclic N) is 1. The van der Waals surface area contributed by atoms with Crippen LogP contribution in [-0.2, 0) is 19.1 Å². The Morgan fingerprint density at radius 2 is 2.09 bits per heavy atom. The molecule has 3 heterocycles. The summed E-state index contributed by atoms with van der Waals surface area (Å²) in [4.78, 5) is 43.8. The van der Waals surface area contributed by atoms with Crippen molar-refractivity contribution >= 4 is 62.8 Å². The van der Waals surface area contributed by atoms with Crippen LogP contribution in [0.4, 0.5) is 5.69 Å². The molecule has 1 aromatic rings. The van der Waals surface area contributed by atoms with Crippen molar-refractivity contribution in [3.8, 4) is 0 Å². The van der Waals surface area contributed by atoms with E-state index in [2.05, 4.69) is 29.1 Å². The first-order valence-electron chi connectivity index (χ1n) is 11.0. The number of carbonyl (C=O) groups is 3. The van der Waals surface area contributed by atoms with Crippen LogP contribution < -0.4 is 4.90 Å². The summed E-state index contributed by atoms with van der Waals surface area (Å²) >= 11 is 11.6. The normalized spacial score (nSPS) is 31.3. The molecule has 10 heteroatoms. The topological polar surface area (TPSA) is 87.1 Å². The Morgan fingerprint density at radius 3 is 2.74 bits per heavy atom. The molecule has 3 fully saturated rings. The number of rotatable bonds is 9. The summed E-state index contributed by atoms with van der Waals surface area (Å²) in [6.07, 6.45) is 3.62. The minimum absolute atomic E-state index is 0.00938. The lowest BCUT2D eigenvalue weighted by Gasteiger charge is -2.37. The van der Waals surface area contributed by atoms with Crippen molar-refractivity contribution in [2.45, 2.75) is 27.3 Å². The third-order valence-electron chi connectivity index (χ3n) is 6.70. The molecule has 1 spiro atoms. The molecule has 6 atom stereocenters. The number of halogens is 2. The third-order valence-corrected chi connectivity index (χ3v) is 10.2. The van der Waals surface area contributed by atoms with E-state index in [1.807, 2.05) is 0 Å². The van der Waals surface area contributed by atoms with Crippen molar-refractivity contribution in [3.63, 3.8) is 0 Å². The van der Waals surface area contributed by atoms with E-state index < -0.39 is 28.6 Å². The lowest BCUT2D eigenvalue weighted by atomic mass is 9.71. The smallest absolute Gasteiger partial charge is 0.311 e. The highest BCUT2D eigenvalue weighted by atomic mass is 79.9. The number of benzene rings is 1. The molecule has 0 aliphatic carbocycles. The van der Waals surface area contributed by atoms with E-state index in [0.29, 0.717) is 17.1 Å². The van der Waals surface area contributed by atoms with Crippen LogP contribution in [-0.4, -0.2) is 75.0 Å². The first-order valence-corrected chi connectivity index (χ1v) is 13.2. The number of aliphatic hydroxyl groups is 1. The Hall–Kier alpha value is -1.81. The van der Waals surface area contributed by atoms with Gasteiger partial charge in [0.05, 0.1) is 33.9 Å². The fraction of sp³-hybridized carbons (Fsp3) is 0.458. The van der Waals surface area contributed by atoms with Gasteiger partial charge in [0.2, 0.25) is 5.91 Å². The van der Waals surface area contributed by atoms with E-state index in [9.17, 15) is 19.5 Å². The monoisotopic (exact) mass is 568 g/mol. The molecule has 182 valence electrons. The molecule has 3 aliphatic heterocycles. The minimum atomic E-state index is -0.874. The number of thioether (sulfide) groups is 1. The molecule has 7 nitrogen and oxygen atoms in total. The SMILES string of the molecule is C=CCOC(=O)[C@H]1[C@H]2C(=O)N(CCO)C(C(=O)N(CC=C)c3ccccc3Cl)C23CC(Br)[C@@H]1S3. The van der Waals surface area contributed by atoms with Gasteiger partial charge in [-0.3, -0.25) is 14.4 Å². The summed E-state index contributed by atoms with van der Waals surface area (Å²) < 4.78 is 4.52. The quantitative estimate of drug-likeness (QED) is 0.280.